The van der Waals surface area contributed by atoms with E-state index in [0.29, 0.717) is 29.1 Å². The number of carbonyl (C=O) groups excluding carboxylic acids is 2. The Morgan fingerprint density at radius 1 is 1.29 bits per heavy atom. The molecule has 116 valence electrons. The summed E-state index contributed by atoms with van der Waals surface area (Å²) in [6, 6.07) is 0.195. The smallest absolute Gasteiger partial charge is 0.287 e. The third-order valence-corrected chi connectivity index (χ3v) is 4.19. The molecule has 0 radical (unpaired) electrons. The Balaban J connectivity index is 0.00000161. The largest absolute Gasteiger partial charge is 0.455 e. The van der Waals surface area contributed by atoms with Crippen LogP contribution in [0.1, 0.15) is 57.9 Å². The highest BCUT2D eigenvalue weighted by Crippen LogP contribution is 2.29. The summed E-state index contributed by atoms with van der Waals surface area (Å²) in [5.74, 6) is 0.933. The molecule has 0 spiro atoms. The summed E-state index contributed by atoms with van der Waals surface area (Å²) in [6.45, 7) is 3.66. The van der Waals surface area contributed by atoms with Crippen LogP contribution < -0.4 is 10.6 Å². The number of amides is 1. The van der Waals surface area contributed by atoms with Crippen molar-refractivity contribution in [3.63, 3.8) is 0 Å². The molecule has 1 aromatic rings. The van der Waals surface area contributed by atoms with Crippen molar-refractivity contribution in [1.82, 2.24) is 10.6 Å². The predicted octanol–water partition coefficient (Wildman–Crippen LogP) is 2.01. The highest BCUT2D eigenvalue weighted by atomic mass is 35.5. The van der Waals surface area contributed by atoms with E-state index < -0.39 is 0 Å². The van der Waals surface area contributed by atoms with E-state index >= 15 is 0 Å². The van der Waals surface area contributed by atoms with Gasteiger partial charge in [-0.3, -0.25) is 9.59 Å². The van der Waals surface area contributed by atoms with Gasteiger partial charge >= 0.3 is 0 Å². The van der Waals surface area contributed by atoms with Gasteiger partial charge in [0.2, 0.25) is 0 Å². The highest BCUT2D eigenvalue weighted by Gasteiger charge is 2.29. The summed E-state index contributed by atoms with van der Waals surface area (Å²) in [5.41, 5.74) is 1.35. The fraction of sp³-hybridized carbons (Fsp3) is 0.600. The van der Waals surface area contributed by atoms with Crippen LogP contribution in [0.15, 0.2) is 4.42 Å². The van der Waals surface area contributed by atoms with E-state index in [2.05, 4.69) is 10.6 Å². The molecule has 0 aromatic carbocycles. The molecule has 2 aliphatic rings. The zero-order valence-corrected chi connectivity index (χ0v) is 13.0. The minimum Gasteiger partial charge on any atom is -0.455 e. The van der Waals surface area contributed by atoms with Crippen LogP contribution in [0.25, 0.3) is 0 Å². The van der Waals surface area contributed by atoms with Crippen LogP contribution in [0.3, 0.4) is 0 Å². The lowest BCUT2D eigenvalue weighted by atomic mass is 9.94. The Labute approximate surface area is 130 Å². The Bertz CT molecular complexity index is 547. The maximum atomic E-state index is 12.3. The average molecular weight is 313 g/mol. The van der Waals surface area contributed by atoms with Crippen LogP contribution in [0.2, 0.25) is 0 Å². The van der Waals surface area contributed by atoms with Gasteiger partial charge in [0.25, 0.3) is 5.91 Å². The van der Waals surface area contributed by atoms with E-state index in [-0.39, 0.29) is 30.1 Å². The molecule has 21 heavy (non-hydrogen) atoms. The third-order valence-electron chi connectivity index (χ3n) is 4.19. The van der Waals surface area contributed by atoms with Crippen molar-refractivity contribution in [2.24, 2.45) is 0 Å². The van der Waals surface area contributed by atoms with Gasteiger partial charge in [-0.05, 0) is 39.3 Å². The molecule has 1 fully saturated rings. The van der Waals surface area contributed by atoms with Gasteiger partial charge in [0.15, 0.2) is 11.5 Å². The number of piperidine rings is 1. The molecule has 0 atom stereocenters. The number of carbonyl (C=O) groups is 2. The first-order valence-electron chi connectivity index (χ1n) is 7.34. The van der Waals surface area contributed by atoms with Crippen molar-refractivity contribution in [1.29, 1.82) is 0 Å². The summed E-state index contributed by atoms with van der Waals surface area (Å²) < 4.78 is 5.66. The minimum absolute atomic E-state index is 0. The second kappa shape index (κ2) is 6.62. The van der Waals surface area contributed by atoms with Gasteiger partial charge in [0.05, 0.1) is 5.56 Å². The molecule has 1 amide bonds. The van der Waals surface area contributed by atoms with E-state index in [1.807, 2.05) is 6.92 Å². The molecular weight excluding hydrogens is 292 g/mol. The number of aryl methyl sites for hydroxylation is 1. The van der Waals surface area contributed by atoms with Gasteiger partial charge < -0.3 is 15.1 Å². The van der Waals surface area contributed by atoms with Gasteiger partial charge in [-0.15, -0.1) is 12.4 Å². The molecule has 5 nitrogen and oxygen atoms in total. The maximum Gasteiger partial charge on any atom is 0.287 e. The fourth-order valence-electron chi connectivity index (χ4n) is 3.08. The molecule has 2 heterocycles. The number of halogens is 1. The van der Waals surface area contributed by atoms with Crippen LogP contribution in [-0.2, 0) is 6.42 Å². The molecule has 2 N–H and O–H groups in total. The van der Waals surface area contributed by atoms with Crippen LogP contribution in [0.5, 0.6) is 0 Å². The molecule has 6 heteroatoms. The molecule has 3 rings (SSSR count). The Hall–Kier alpha value is -1.33. The molecular formula is C15H21ClN2O3. The van der Waals surface area contributed by atoms with Crippen molar-refractivity contribution < 1.29 is 14.0 Å². The zero-order chi connectivity index (χ0) is 14.1. The normalized spacial score (nSPS) is 18.8. The van der Waals surface area contributed by atoms with Gasteiger partial charge in [-0.1, -0.05) is 0 Å². The van der Waals surface area contributed by atoms with E-state index in [4.69, 9.17) is 4.42 Å². The summed E-state index contributed by atoms with van der Waals surface area (Å²) >= 11 is 0. The van der Waals surface area contributed by atoms with E-state index in [0.717, 1.165) is 38.8 Å². The van der Waals surface area contributed by atoms with Crippen LogP contribution in [0, 0.1) is 6.92 Å². The molecule has 0 saturated carbocycles. The Morgan fingerprint density at radius 3 is 2.67 bits per heavy atom. The van der Waals surface area contributed by atoms with E-state index in [9.17, 15) is 9.59 Å². The van der Waals surface area contributed by atoms with Crippen molar-refractivity contribution in [3.8, 4) is 0 Å². The Morgan fingerprint density at radius 2 is 2.00 bits per heavy atom. The lowest BCUT2D eigenvalue weighted by Gasteiger charge is -2.23. The fourth-order valence-corrected chi connectivity index (χ4v) is 3.08. The first kappa shape index (κ1) is 16.0. The third kappa shape index (κ3) is 3.14. The molecule has 1 aromatic heterocycles. The van der Waals surface area contributed by atoms with Crippen molar-refractivity contribution in [2.75, 3.05) is 13.1 Å². The summed E-state index contributed by atoms with van der Waals surface area (Å²) in [6.07, 6.45) is 3.99. The lowest BCUT2D eigenvalue weighted by molar-refractivity contribution is 0.0896. The quantitative estimate of drug-likeness (QED) is 0.876. The number of ketones is 1. The minimum atomic E-state index is -0.184. The SMILES string of the molecule is Cc1c(C(=O)NC2CCNCC2)oc2c1C(=O)CCC2.Cl. The Kier molecular flexibility index (Phi) is 5.06. The van der Waals surface area contributed by atoms with Gasteiger partial charge in [0, 0.05) is 24.4 Å². The van der Waals surface area contributed by atoms with Gasteiger partial charge in [-0.2, -0.15) is 0 Å². The van der Waals surface area contributed by atoms with Crippen LogP contribution in [-0.4, -0.2) is 30.8 Å². The summed E-state index contributed by atoms with van der Waals surface area (Å²) in [4.78, 5) is 24.3. The molecule has 1 saturated heterocycles. The molecule has 0 unspecified atom stereocenters. The maximum absolute atomic E-state index is 12.3. The van der Waals surface area contributed by atoms with Gasteiger partial charge in [0.1, 0.15) is 5.76 Å². The number of fused-ring (bicyclic) bond motifs is 1. The molecule has 1 aliphatic heterocycles. The van der Waals surface area contributed by atoms with Crippen LogP contribution in [0.4, 0.5) is 0 Å². The monoisotopic (exact) mass is 312 g/mol. The number of hydrogen-bond donors (Lipinski definition) is 2. The van der Waals surface area contributed by atoms with Crippen molar-refractivity contribution >= 4 is 24.1 Å². The first-order valence-corrected chi connectivity index (χ1v) is 7.34. The van der Waals surface area contributed by atoms with Crippen molar-refractivity contribution in [2.45, 2.75) is 45.1 Å². The second-order valence-corrected chi connectivity index (χ2v) is 5.63. The predicted molar refractivity (Wildman–Crippen MR) is 81.3 cm³/mol. The number of hydrogen-bond acceptors (Lipinski definition) is 4. The second-order valence-electron chi connectivity index (χ2n) is 5.63. The number of Topliss-reactive ketones (excluding diaryl/α,β-unsaturated/α-hetero) is 1. The standard InChI is InChI=1S/C15H20N2O3.ClH/c1-9-13-11(18)3-2-4-12(13)20-14(9)15(19)17-10-5-7-16-8-6-10;/h10,16H,2-8H2,1H3,(H,17,19);1H. The highest BCUT2D eigenvalue weighted by molar-refractivity contribution is 6.03. The number of nitrogens with one attached hydrogen (secondary N) is 2. The van der Waals surface area contributed by atoms with Crippen LogP contribution >= 0.6 is 12.4 Å². The molecule has 0 bridgehead atoms. The zero-order valence-electron chi connectivity index (χ0n) is 12.2. The average Bonchev–Trinajstić information content (AvgIpc) is 2.79. The van der Waals surface area contributed by atoms with Gasteiger partial charge in [-0.25, -0.2) is 0 Å². The van der Waals surface area contributed by atoms with E-state index in [1.54, 1.807) is 0 Å². The summed E-state index contributed by atoms with van der Waals surface area (Å²) in [5, 5.41) is 6.28. The number of furan rings is 1. The topological polar surface area (TPSA) is 71.3 Å². The van der Waals surface area contributed by atoms with Crippen molar-refractivity contribution in [3.05, 3.63) is 22.6 Å². The number of rotatable bonds is 2. The first-order chi connectivity index (χ1) is 9.66. The van der Waals surface area contributed by atoms with E-state index in [1.165, 1.54) is 0 Å². The molecule has 1 aliphatic carbocycles. The lowest BCUT2D eigenvalue weighted by Crippen LogP contribution is -2.42. The summed E-state index contributed by atoms with van der Waals surface area (Å²) in [7, 11) is 0.